The van der Waals surface area contributed by atoms with Crippen molar-refractivity contribution in [3.05, 3.63) is 35.9 Å². The van der Waals surface area contributed by atoms with Crippen LogP contribution in [-0.2, 0) is 25.6 Å². The van der Waals surface area contributed by atoms with E-state index in [1.54, 1.807) is 13.8 Å². The molecule has 34 heavy (non-hydrogen) atoms. The van der Waals surface area contributed by atoms with Gasteiger partial charge < -0.3 is 26.4 Å². The van der Waals surface area contributed by atoms with Gasteiger partial charge in [-0.25, -0.2) is 4.79 Å². The summed E-state index contributed by atoms with van der Waals surface area (Å²) >= 11 is 1.49. The van der Waals surface area contributed by atoms with Crippen LogP contribution in [-0.4, -0.2) is 76.4 Å². The largest absolute Gasteiger partial charge is 0.480 e. The minimum absolute atomic E-state index is 0.273. The molecular weight excluding hydrogens is 456 g/mol. The van der Waals surface area contributed by atoms with E-state index in [0.29, 0.717) is 31.6 Å². The Labute approximate surface area is 205 Å². The van der Waals surface area contributed by atoms with Crippen LogP contribution in [0.5, 0.6) is 0 Å². The fraction of sp³-hybridized carbons (Fsp3) is 0.583. The molecule has 1 aromatic rings. The lowest BCUT2D eigenvalue weighted by atomic mass is 10.0. The highest BCUT2D eigenvalue weighted by Crippen LogP contribution is 2.20. The highest BCUT2D eigenvalue weighted by atomic mass is 32.2. The van der Waals surface area contributed by atoms with Gasteiger partial charge in [-0.2, -0.15) is 11.8 Å². The maximum absolute atomic E-state index is 13.1. The molecule has 4 atom stereocenters. The van der Waals surface area contributed by atoms with Crippen LogP contribution < -0.4 is 16.4 Å². The highest BCUT2D eigenvalue weighted by molar-refractivity contribution is 7.98. The van der Waals surface area contributed by atoms with Crippen molar-refractivity contribution in [2.45, 2.75) is 63.7 Å². The van der Waals surface area contributed by atoms with E-state index in [0.717, 1.165) is 5.56 Å². The van der Waals surface area contributed by atoms with Crippen molar-refractivity contribution in [2.75, 3.05) is 18.6 Å². The smallest absolute Gasteiger partial charge is 0.326 e. The molecule has 1 aromatic carbocycles. The molecule has 0 aliphatic carbocycles. The lowest BCUT2D eigenvalue weighted by Crippen LogP contribution is -2.58. The summed E-state index contributed by atoms with van der Waals surface area (Å²) in [5.74, 6) is -2.08. The molecule has 3 amide bonds. The number of thioether (sulfide) groups is 1. The Morgan fingerprint density at radius 2 is 1.85 bits per heavy atom. The molecule has 0 radical (unpaired) electrons. The predicted octanol–water partition coefficient (Wildman–Crippen LogP) is 1.01. The average molecular weight is 493 g/mol. The van der Waals surface area contributed by atoms with Crippen LogP contribution in [0.2, 0.25) is 0 Å². The van der Waals surface area contributed by atoms with Gasteiger partial charge in [0.25, 0.3) is 0 Å². The SMILES string of the molecule is CSCCC(NC(=O)C(NC(=O)C1CCCN1C(=O)C(N)Cc1ccccc1)C(C)C)C(=O)O. The van der Waals surface area contributed by atoms with Crippen LogP contribution >= 0.6 is 11.8 Å². The van der Waals surface area contributed by atoms with Gasteiger partial charge in [0, 0.05) is 6.54 Å². The number of likely N-dealkylation sites (tertiary alicyclic amines) is 1. The number of nitrogens with two attached hydrogens (primary N) is 1. The molecule has 1 aliphatic rings. The Balaban J connectivity index is 2.04. The first-order valence-corrected chi connectivity index (χ1v) is 13.0. The standard InChI is InChI=1S/C24H36N4O5S/c1-15(2)20(22(30)26-18(24(32)33)11-13-34-3)27-21(29)19-10-7-12-28(19)23(31)17(25)14-16-8-5-4-6-9-16/h4-6,8-9,15,17-20H,7,10-14,25H2,1-3H3,(H,26,30)(H,27,29)(H,32,33). The molecule has 0 saturated carbocycles. The topological polar surface area (TPSA) is 142 Å². The van der Waals surface area contributed by atoms with Crippen molar-refractivity contribution in [2.24, 2.45) is 11.7 Å². The van der Waals surface area contributed by atoms with Gasteiger partial charge >= 0.3 is 5.97 Å². The number of amides is 3. The molecule has 2 rings (SSSR count). The minimum atomic E-state index is -1.11. The molecule has 1 heterocycles. The molecule has 9 nitrogen and oxygen atoms in total. The third kappa shape index (κ3) is 7.73. The Hall–Kier alpha value is -2.59. The van der Waals surface area contributed by atoms with E-state index in [-0.39, 0.29) is 18.2 Å². The summed E-state index contributed by atoms with van der Waals surface area (Å²) in [6.45, 7) is 3.97. The predicted molar refractivity (Wildman–Crippen MR) is 132 cm³/mol. The van der Waals surface area contributed by atoms with Gasteiger partial charge in [-0.15, -0.1) is 0 Å². The number of nitrogens with one attached hydrogen (secondary N) is 2. The number of rotatable bonds is 12. The second kappa shape index (κ2) is 13.3. The van der Waals surface area contributed by atoms with Crippen LogP contribution in [0.4, 0.5) is 0 Å². The van der Waals surface area contributed by atoms with E-state index in [9.17, 15) is 24.3 Å². The number of carboxylic acids is 1. The monoisotopic (exact) mass is 492 g/mol. The fourth-order valence-corrected chi connectivity index (χ4v) is 4.48. The summed E-state index contributed by atoms with van der Waals surface area (Å²) in [7, 11) is 0. The first-order chi connectivity index (χ1) is 16.1. The van der Waals surface area contributed by atoms with E-state index in [2.05, 4.69) is 10.6 Å². The highest BCUT2D eigenvalue weighted by Gasteiger charge is 2.38. The van der Waals surface area contributed by atoms with Gasteiger partial charge in [-0.05, 0) is 49.2 Å². The quantitative estimate of drug-likeness (QED) is 0.341. The van der Waals surface area contributed by atoms with E-state index >= 15 is 0 Å². The molecule has 1 saturated heterocycles. The number of carboxylic acid groups (broad SMARTS) is 1. The number of nitrogens with zero attached hydrogens (tertiary/aromatic N) is 1. The molecule has 10 heteroatoms. The van der Waals surface area contributed by atoms with Crippen molar-refractivity contribution >= 4 is 35.5 Å². The van der Waals surface area contributed by atoms with Gasteiger partial charge in [-0.1, -0.05) is 44.2 Å². The van der Waals surface area contributed by atoms with Crippen LogP contribution in [0, 0.1) is 5.92 Å². The third-order valence-corrected chi connectivity index (χ3v) is 6.57. The summed E-state index contributed by atoms with van der Waals surface area (Å²) in [6, 6.07) is 6.02. The Kier molecular flexibility index (Phi) is 10.8. The van der Waals surface area contributed by atoms with E-state index in [4.69, 9.17) is 5.73 Å². The Bertz CT molecular complexity index is 851. The van der Waals surface area contributed by atoms with E-state index < -0.39 is 42.0 Å². The number of carbonyl (C=O) groups is 4. The summed E-state index contributed by atoms with van der Waals surface area (Å²) in [4.78, 5) is 52.0. The number of benzene rings is 1. The molecule has 1 aliphatic heterocycles. The maximum atomic E-state index is 13.1. The van der Waals surface area contributed by atoms with Gasteiger partial charge in [0.1, 0.15) is 18.1 Å². The zero-order valence-corrected chi connectivity index (χ0v) is 20.8. The number of carbonyl (C=O) groups excluding carboxylic acids is 3. The Morgan fingerprint density at radius 1 is 1.18 bits per heavy atom. The summed E-state index contributed by atoms with van der Waals surface area (Å²) < 4.78 is 0. The van der Waals surface area contributed by atoms with Gasteiger partial charge in [-0.3, -0.25) is 14.4 Å². The normalized spacial score (nSPS) is 18.3. The molecule has 0 aromatic heterocycles. The maximum Gasteiger partial charge on any atom is 0.326 e. The first-order valence-electron chi connectivity index (χ1n) is 11.6. The zero-order valence-electron chi connectivity index (χ0n) is 20.0. The van der Waals surface area contributed by atoms with Gasteiger partial charge in [0.15, 0.2) is 0 Å². The van der Waals surface area contributed by atoms with Crippen molar-refractivity contribution in [1.29, 1.82) is 0 Å². The van der Waals surface area contributed by atoms with Crippen molar-refractivity contribution in [3.63, 3.8) is 0 Å². The van der Waals surface area contributed by atoms with E-state index in [1.165, 1.54) is 16.7 Å². The van der Waals surface area contributed by atoms with Crippen LogP contribution in [0.1, 0.15) is 38.7 Å². The molecule has 0 bridgehead atoms. The molecular formula is C24H36N4O5S. The average Bonchev–Trinajstić information content (AvgIpc) is 3.29. The second-order valence-corrected chi connectivity index (χ2v) is 9.88. The number of aliphatic carboxylic acids is 1. The second-order valence-electron chi connectivity index (χ2n) is 8.90. The van der Waals surface area contributed by atoms with E-state index in [1.807, 2.05) is 36.6 Å². The summed E-state index contributed by atoms with van der Waals surface area (Å²) in [5.41, 5.74) is 7.11. The summed E-state index contributed by atoms with van der Waals surface area (Å²) in [6.07, 6.45) is 3.65. The zero-order chi connectivity index (χ0) is 25.3. The molecule has 188 valence electrons. The Morgan fingerprint density at radius 3 is 2.44 bits per heavy atom. The van der Waals surface area contributed by atoms with Crippen LogP contribution in [0.3, 0.4) is 0 Å². The number of hydrogen-bond donors (Lipinski definition) is 4. The van der Waals surface area contributed by atoms with Crippen molar-refractivity contribution in [3.8, 4) is 0 Å². The molecule has 1 fully saturated rings. The van der Waals surface area contributed by atoms with Crippen molar-refractivity contribution in [1.82, 2.24) is 15.5 Å². The van der Waals surface area contributed by atoms with Crippen molar-refractivity contribution < 1.29 is 24.3 Å². The first kappa shape index (κ1) is 27.7. The fourth-order valence-electron chi connectivity index (χ4n) is 4.01. The minimum Gasteiger partial charge on any atom is -0.480 e. The lowest BCUT2D eigenvalue weighted by Gasteiger charge is -2.29. The summed E-state index contributed by atoms with van der Waals surface area (Å²) in [5, 5.41) is 14.7. The van der Waals surface area contributed by atoms with Crippen LogP contribution in [0.25, 0.3) is 0 Å². The lowest BCUT2D eigenvalue weighted by molar-refractivity contribution is -0.143. The van der Waals surface area contributed by atoms with Gasteiger partial charge in [0.2, 0.25) is 17.7 Å². The number of hydrogen-bond acceptors (Lipinski definition) is 6. The molecule has 4 unspecified atom stereocenters. The third-order valence-electron chi connectivity index (χ3n) is 5.93. The molecule has 5 N–H and O–H groups in total. The van der Waals surface area contributed by atoms with Crippen LogP contribution in [0.15, 0.2) is 30.3 Å². The molecule has 0 spiro atoms. The van der Waals surface area contributed by atoms with Gasteiger partial charge in [0.05, 0.1) is 6.04 Å².